The Balaban J connectivity index is 0.00000119. The molecule has 32 heavy (non-hydrogen) atoms. The molecule has 0 spiro atoms. The molecule has 0 aromatic carbocycles. The first-order chi connectivity index (χ1) is 14.8. The Morgan fingerprint density at radius 1 is 0.750 bits per heavy atom. The summed E-state index contributed by atoms with van der Waals surface area (Å²) in [5.74, 6) is 3.11. The normalized spacial score (nSPS) is 50.8. The van der Waals surface area contributed by atoms with Crippen LogP contribution in [0.25, 0.3) is 0 Å². The summed E-state index contributed by atoms with van der Waals surface area (Å²) in [6.07, 6.45) is 24.0. The predicted molar refractivity (Wildman–Crippen MR) is 136 cm³/mol. The largest absolute Gasteiger partial charge is 0.393 e. The van der Waals surface area contributed by atoms with E-state index in [0.717, 1.165) is 24.2 Å². The molecule has 180 valence electrons. The zero-order valence-electron chi connectivity index (χ0n) is 22.1. The van der Waals surface area contributed by atoms with Crippen molar-refractivity contribution in [3.05, 3.63) is 11.6 Å². The summed E-state index contributed by atoms with van der Waals surface area (Å²) in [6.45, 7) is 17.7. The zero-order chi connectivity index (χ0) is 23.7. The number of hydrogen-bond donors (Lipinski definition) is 1. The van der Waals surface area contributed by atoms with Gasteiger partial charge in [-0.3, -0.25) is 0 Å². The maximum atomic E-state index is 10.8. The van der Waals surface area contributed by atoms with E-state index in [4.69, 9.17) is 0 Å². The van der Waals surface area contributed by atoms with Gasteiger partial charge >= 0.3 is 0 Å². The van der Waals surface area contributed by atoms with Gasteiger partial charge in [0.15, 0.2) is 0 Å². The van der Waals surface area contributed by atoms with Crippen molar-refractivity contribution in [2.75, 3.05) is 0 Å². The van der Waals surface area contributed by atoms with Crippen LogP contribution in [0, 0.1) is 63.6 Å². The SMILES string of the molecule is C#C.CC1(C)CC[C@]2(C)CCC3C(=CCC4[C@@]3(C)CCC3C(C)(C)[C@@H](O)CC[C@@]34C)C2C1. The molecular formula is C31H50O. The van der Waals surface area contributed by atoms with E-state index in [0.29, 0.717) is 27.6 Å². The lowest BCUT2D eigenvalue weighted by molar-refractivity contribution is -0.185. The van der Waals surface area contributed by atoms with Gasteiger partial charge in [-0.15, -0.1) is 12.8 Å². The maximum Gasteiger partial charge on any atom is 0.0594 e. The molecule has 5 rings (SSSR count). The maximum absolute atomic E-state index is 10.8. The summed E-state index contributed by atoms with van der Waals surface area (Å²) in [5, 5.41) is 10.8. The highest BCUT2D eigenvalue weighted by molar-refractivity contribution is 5.28. The van der Waals surface area contributed by atoms with Crippen molar-refractivity contribution in [2.45, 2.75) is 119 Å². The second kappa shape index (κ2) is 7.63. The monoisotopic (exact) mass is 438 g/mol. The lowest BCUT2D eigenvalue weighted by atomic mass is 9.37. The van der Waals surface area contributed by atoms with Crippen LogP contribution in [0.1, 0.15) is 113 Å². The topological polar surface area (TPSA) is 20.2 Å². The molecule has 1 N–H and O–H groups in total. The number of terminal acetylenes is 1. The van der Waals surface area contributed by atoms with Crippen LogP contribution in [0.2, 0.25) is 0 Å². The van der Waals surface area contributed by atoms with Crippen LogP contribution in [0.4, 0.5) is 0 Å². The molecule has 0 amide bonds. The average Bonchev–Trinajstić information content (AvgIpc) is 2.73. The van der Waals surface area contributed by atoms with E-state index in [1.165, 1.54) is 57.8 Å². The molecule has 0 saturated heterocycles. The van der Waals surface area contributed by atoms with Crippen molar-refractivity contribution in [1.82, 2.24) is 0 Å². The highest BCUT2D eigenvalue weighted by Gasteiger charge is 2.64. The van der Waals surface area contributed by atoms with Gasteiger partial charge < -0.3 is 5.11 Å². The molecule has 0 aromatic heterocycles. The second-order valence-corrected chi connectivity index (χ2v) is 14.6. The first kappa shape index (κ1) is 24.4. The molecule has 0 heterocycles. The van der Waals surface area contributed by atoms with Crippen LogP contribution in [-0.4, -0.2) is 11.2 Å². The Hall–Kier alpha value is -0.740. The van der Waals surface area contributed by atoms with Crippen molar-refractivity contribution in [3.8, 4) is 12.8 Å². The Bertz CT molecular complexity index is 786. The molecule has 1 heteroatoms. The van der Waals surface area contributed by atoms with Crippen LogP contribution in [0.5, 0.6) is 0 Å². The molecule has 0 radical (unpaired) electrons. The fourth-order valence-corrected chi connectivity index (χ4v) is 10.2. The Morgan fingerprint density at radius 3 is 2.09 bits per heavy atom. The van der Waals surface area contributed by atoms with Crippen LogP contribution in [-0.2, 0) is 0 Å². The van der Waals surface area contributed by atoms with Crippen molar-refractivity contribution in [1.29, 1.82) is 0 Å². The van der Waals surface area contributed by atoms with Gasteiger partial charge in [-0.1, -0.05) is 60.1 Å². The van der Waals surface area contributed by atoms with E-state index in [-0.39, 0.29) is 11.5 Å². The molecule has 4 fully saturated rings. The molecule has 4 unspecified atom stereocenters. The van der Waals surface area contributed by atoms with E-state index in [1.54, 1.807) is 0 Å². The fourth-order valence-electron chi connectivity index (χ4n) is 10.2. The number of fused-ring (bicyclic) bond motifs is 7. The number of rotatable bonds is 0. The molecule has 1 nitrogen and oxygen atoms in total. The Kier molecular flexibility index (Phi) is 5.82. The van der Waals surface area contributed by atoms with Gasteiger partial charge in [-0.25, -0.2) is 0 Å². The smallest absolute Gasteiger partial charge is 0.0594 e. The van der Waals surface area contributed by atoms with Gasteiger partial charge in [0, 0.05) is 0 Å². The van der Waals surface area contributed by atoms with E-state index in [2.05, 4.69) is 67.4 Å². The standard InChI is InChI=1S/C29H48O.C2H2/c1-25(2)16-17-27(5)13-10-20-19(21(27)18-25)8-9-23-28(20,6)14-11-22-26(3,4)24(30)12-15-29(22,23)7;1-2/h8,20-24,30H,9-18H2,1-7H3;1-2H/t20?,21?,22?,23?,24-,27-,28-,29-;/m0./s1. The zero-order valence-corrected chi connectivity index (χ0v) is 22.1. The predicted octanol–water partition coefficient (Wildman–Crippen LogP) is 8.03. The first-order valence-electron chi connectivity index (χ1n) is 13.5. The molecule has 8 atom stereocenters. The first-order valence-corrected chi connectivity index (χ1v) is 13.5. The Labute approximate surface area is 199 Å². The molecule has 5 aliphatic rings. The summed E-state index contributed by atoms with van der Waals surface area (Å²) in [5.41, 5.74) is 3.89. The summed E-state index contributed by atoms with van der Waals surface area (Å²) in [7, 11) is 0. The van der Waals surface area contributed by atoms with Crippen LogP contribution in [0.3, 0.4) is 0 Å². The van der Waals surface area contributed by atoms with Gasteiger partial charge in [0.05, 0.1) is 6.10 Å². The van der Waals surface area contributed by atoms with Crippen molar-refractivity contribution < 1.29 is 5.11 Å². The van der Waals surface area contributed by atoms with E-state index >= 15 is 0 Å². The van der Waals surface area contributed by atoms with E-state index in [1.807, 2.05) is 5.57 Å². The lowest BCUT2D eigenvalue weighted by Crippen LogP contribution is -2.61. The summed E-state index contributed by atoms with van der Waals surface area (Å²) < 4.78 is 0. The van der Waals surface area contributed by atoms with E-state index < -0.39 is 0 Å². The molecule has 4 saturated carbocycles. The molecule has 5 aliphatic carbocycles. The third kappa shape index (κ3) is 3.29. The summed E-state index contributed by atoms with van der Waals surface area (Å²) >= 11 is 0. The Morgan fingerprint density at radius 2 is 1.41 bits per heavy atom. The van der Waals surface area contributed by atoms with E-state index in [9.17, 15) is 5.11 Å². The highest BCUT2D eigenvalue weighted by atomic mass is 16.3. The highest BCUT2D eigenvalue weighted by Crippen LogP contribution is 2.71. The second-order valence-electron chi connectivity index (χ2n) is 14.6. The minimum atomic E-state index is -0.116. The van der Waals surface area contributed by atoms with Crippen molar-refractivity contribution >= 4 is 0 Å². The molecule has 0 aromatic rings. The third-order valence-electron chi connectivity index (χ3n) is 12.2. The number of allylic oxidation sites excluding steroid dienone is 2. The van der Waals surface area contributed by atoms with Crippen LogP contribution < -0.4 is 0 Å². The van der Waals surface area contributed by atoms with Gasteiger partial charge in [0.1, 0.15) is 0 Å². The minimum absolute atomic E-state index is 0.0663. The van der Waals surface area contributed by atoms with Gasteiger partial charge in [0.2, 0.25) is 0 Å². The summed E-state index contributed by atoms with van der Waals surface area (Å²) in [6, 6.07) is 0. The number of aliphatic hydroxyl groups is 1. The summed E-state index contributed by atoms with van der Waals surface area (Å²) in [4.78, 5) is 0. The van der Waals surface area contributed by atoms with Crippen LogP contribution >= 0.6 is 0 Å². The van der Waals surface area contributed by atoms with Crippen molar-refractivity contribution in [3.63, 3.8) is 0 Å². The lowest BCUT2D eigenvalue weighted by Gasteiger charge is -2.68. The number of hydrogen-bond acceptors (Lipinski definition) is 1. The van der Waals surface area contributed by atoms with Gasteiger partial charge in [-0.2, -0.15) is 0 Å². The third-order valence-corrected chi connectivity index (χ3v) is 12.2. The molecule has 0 aliphatic heterocycles. The minimum Gasteiger partial charge on any atom is -0.393 e. The van der Waals surface area contributed by atoms with Crippen LogP contribution in [0.15, 0.2) is 11.6 Å². The van der Waals surface area contributed by atoms with Crippen molar-refractivity contribution in [2.24, 2.45) is 50.7 Å². The number of aliphatic hydroxyl groups excluding tert-OH is 1. The quantitative estimate of drug-likeness (QED) is 0.300. The molecular weight excluding hydrogens is 388 g/mol. The fraction of sp³-hybridized carbons (Fsp3) is 0.871. The van der Waals surface area contributed by atoms with Gasteiger partial charge in [0.25, 0.3) is 0 Å². The van der Waals surface area contributed by atoms with Gasteiger partial charge in [-0.05, 0) is 115 Å². The average molecular weight is 439 g/mol. The molecule has 0 bridgehead atoms.